The van der Waals surface area contributed by atoms with E-state index in [1.165, 1.54) is 0 Å². The molecule has 0 aliphatic carbocycles. The van der Waals surface area contributed by atoms with Crippen molar-refractivity contribution in [1.82, 2.24) is 9.97 Å². The van der Waals surface area contributed by atoms with Gasteiger partial charge in [0.1, 0.15) is 11.6 Å². The van der Waals surface area contributed by atoms with Crippen LogP contribution in [0.2, 0.25) is 0 Å². The molecule has 2 aromatic heterocycles. The van der Waals surface area contributed by atoms with Crippen molar-refractivity contribution in [3.8, 4) is 22.6 Å². The minimum Gasteiger partial charge on any atom is -0.336 e. The zero-order chi connectivity index (χ0) is 19.1. The molecule has 0 saturated heterocycles. The fourth-order valence-corrected chi connectivity index (χ4v) is 3.20. The van der Waals surface area contributed by atoms with E-state index in [9.17, 15) is 9.59 Å². The molecule has 0 atom stereocenters. The number of fused-ring (bicyclic) bond motifs is 10. The Hall–Kier alpha value is -3.23. The van der Waals surface area contributed by atoms with Gasteiger partial charge in [-0.25, -0.2) is 0 Å². The molecular weight excluding hydrogens is 543 g/mol. The second-order valence-corrected chi connectivity index (χ2v) is 6.43. The van der Waals surface area contributed by atoms with Gasteiger partial charge < -0.3 is 9.59 Å². The quantitative estimate of drug-likeness (QED) is 0.269. The number of rotatable bonds is 0. The van der Waals surface area contributed by atoms with E-state index in [-0.39, 0.29) is 38.3 Å². The SMILES string of the molecule is O=C1c2[c-]c(ccc2)C(=O)c2cccc(n2)-c2cccc(n2)-c2[c-]c1ccc2.[Pt+2]. The van der Waals surface area contributed by atoms with Crippen molar-refractivity contribution in [2.24, 2.45) is 0 Å². The van der Waals surface area contributed by atoms with E-state index >= 15 is 0 Å². The van der Waals surface area contributed by atoms with Gasteiger partial charge in [-0.1, -0.05) is 40.5 Å². The van der Waals surface area contributed by atoms with Crippen molar-refractivity contribution < 1.29 is 30.7 Å². The predicted molar refractivity (Wildman–Crippen MR) is 104 cm³/mol. The fourth-order valence-electron chi connectivity index (χ4n) is 3.20. The molecule has 2 aromatic carbocycles. The van der Waals surface area contributed by atoms with Gasteiger partial charge in [0.2, 0.25) is 0 Å². The van der Waals surface area contributed by atoms with Crippen molar-refractivity contribution in [2.45, 2.75) is 0 Å². The molecule has 1 aliphatic rings. The second kappa shape index (κ2) is 7.65. The van der Waals surface area contributed by atoms with E-state index in [1.807, 2.05) is 30.3 Å². The van der Waals surface area contributed by atoms with Crippen molar-refractivity contribution in [1.29, 1.82) is 0 Å². The molecule has 0 saturated carbocycles. The van der Waals surface area contributed by atoms with Gasteiger partial charge in [0.05, 0.1) is 17.1 Å². The van der Waals surface area contributed by atoms with E-state index in [0.717, 1.165) is 0 Å². The van der Waals surface area contributed by atoms with Crippen molar-refractivity contribution >= 4 is 11.6 Å². The van der Waals surface area contributed by atoms with Crippen molar-refractivity contribution in [3.05, 3.63) is 107 Å². The molecular formula is C24H12N2O2Pt. The zero-order valence-electron chi connectivity index (χ0n) is 15.0. The molecule has 1 aliphatic heterocycles. The number of carbonyl (C=O) groups excluding carboxylic acids is 2. The normalized spacial score (nSPS) is 12.0. The number of hydrogen-bond acceptors (Lipinski definition) is 4. The summed E-state index contributed by atoms with van der Waals surface area (Å²) in [6, 6.07) is 27.2. The first-order valence-electron chi connectivity index (χ1n) is 8.78. The molecule has 3 heterocycles. The van der Waals surface area contributed by atoms with Gasteiger partial charge in [-0.05, 0) is 18.2 Å². The van der Waals surface area contributed by atoms with Gasteiger partial charge in [0, 0.05) is 5.69 Å². The van der Waals surface area contributed by atoms with Gasteiger partial charge >= 0.3 is 21.1 Å². The van der Waals surface area contributed by atoms with Crippen LogP contribution in [-0.2, 0) is 21.1 Å². The molecule has 0 unspecified atom stereocenters. The molecule has 0 radical (unpaired) electrons. The van der Waals surface area contributed by atoms with E-state index in [2.05, 4.69) is 22.1 Å². The topological polar surface area (TPSA) is 59.9 Å². The molecule has 0 amide bonds. The van der Waals surface area contributed by atoms with Crippen LogP contribution in [0.25, 0.3) is 22.6 Å². The first-order chi connectivity index (χ1) is 13.7. The van der Waals surface area contributed by atoms with Gasteiger partial charge in [0.15, 0.2) is 0 Å². The van der Waals surface area contributed by atoms with Crippen LogP contribution in [-0.4, -0.2) is 21.5 Å². The number of pyridine rings is 2. The maximum atomic E-state index is 12.9. The minimum absolute atomic E-state index is 0. The first kappa shape index (κ1) is 19.1. The van der Waals surface area contributed by atoms with E-state index < -0.39 is 0 Å². The molecule has 8 bridgehead atoms. The Labute approximate surface area is 181 Å². The number of nitrogens with zero attached hydrogens (tertiary/aromatic N) is 2. The molecule has 140 valence electrons. The number of ketones is 2. The Balaban J connectivity index is 0.00000205. The average molecular weight is 555 g/mol. The summed E-state index contributed by atoms with van der Waals surface area (Å²) in [4.78, 5) is 35.0. The molecule has 4 nitrogen and oxygen atoms in total. The number of carbonyl (C=O) groups is 2. The summed E-state index contributed by atoms with van der Waals surface area (Å²) in [5.41, 5.74) is 3.94. The molecule has 0 fully saturated rings. The number of hydrogen-bond donors (Lipinski definition) is 0. The third-order valence-corrected chi connectivity index (χ3v) is 4.59. The average Bonchev–Trinajstić information content (AvgIpc) is 2.78. The first-order valence-corrected chi connectivity index (χ1v) is 8.78. The summed E-state index contributed by atoms with van der Waals surface area (Å²) in [7, 11) is 0. The van der Waals surface area contributed by atoms with Crippen LogP contribution in [0, 0.1) is 12.1 Å². The van der Waals surface area contributed by atoms with Crippen LogP contribution < -0.4 is 0 Å². The van der Waals surface area contributed by atoms with Crippen LogP contribution in [0.1, 0.15) is 32.0 Å². The molecule has 0 N–H and O–H groups in total. The second-order valence-electron chi connectivity index (χ2n) is 6.43. The summed E-state index contributed by atoms with van der Waals surface area (Å²) in [6.07, 6.45) is 0. The smallest absolute Gasteiger partial charge is 0.336 e. The number of benzene rings is 2. The van der Waals surface area contributed by atoms with Gasteiger partial charge in [-0.15, -0.1) is 48.5 Å². The molecule has 0 spiro atoms. The standard InChI is InChI=1S/C24H12N2O2.Pt/c27-23-16-6-1-5-15(13-16)19-9-3-10-20(25-19)21-11-4-12-22(26-21)24(28)18-8-2-7-17(23)14-18;/h1-12H;/q-2;+2. The largest absolute Gasteiger partial charge is 2.00 e. The summed E-state index contributed by atoms with van der Waals surface area (Å²) in [6.45, 7) is 0. The van der Waals surface area contributed by atoms with Gasteiger partial charge in [-0.2, -0.15) is 0 Å². The molecule has 5 rings (SSSR count). The Morgan fingerprint density at radius 3 is 1.55 bits per heavy atom. The maximum absolute atomic E-state index is 12.9. The number of aromatic nitrogens is 2. The Morgan fingerprint density at radius 1 is 0.483 bits per heavy atom. The molecule has 4 aromatic rings. The fraction of sp³-hybridized carbons (Fsp3) is 0. The summed E-state index contributed by atoms with van der Waals surface area (Å²) < 4.78 is 0. The van der Waals surface area contributed by atoms with Gasteiger partial charge in [-0.3, -0.25) is 9.97 Å². The molecule has 29 heavy (non-hydrogen) atoms. The van der Waals surface area contributed by atoms with Crippen LogP contribution in [0.15, 0.2) is 72.8 Å². The summed E-state index contributed by atoms with van der Waals surface area (Å²) in [5, 5.41) is 0. The van der Waals surface area contributed by atoms with Crippen LogP contribution in [0.4, 0.5) is 0 Å². The predicted octanol–water partition coefficient (Wildman–Crippen LogP) is 4.18. The monoisotopic (exact) mass is 555 g/mol. The van der Waals surface area contributed by atoms with Crippen LogP contribution >= 0.6 is 0 Å². The van der Waals surface area contributed by atoms with Crippen molar-refractivity contribution in [3.63, 3.8) is 0 Å². The van der Waals surface area contributed by atoms with Gasteiger partial charge in [0.25, 0.3) is 0 Å². The Bertz CT molecular complexity index is 1180. The maximum Gasteiger partial charge on any atom is 2.00 e. The van der Waals surface area contributed by atoms with E-state index in [0.29, 0.717) is 39.3 Å². The van der Waals surface area contributed by atoms with Crippen LogP contribution in [0.5, 0.6) is 0 Å². The van der Waals surface area contributed by atoms with Crippen LogP contribution in [0.3, 0.4) is 0 Å². The van der Waals surface area contributed by atoms with E-state index in [4.69, 9.17) is 0 Å². The summed E-state index contributed by atoms with van der Waals surface area (Å²) >= 11 is 0. The Morgan fingerprint density at radius 2 is 0.897 bits per heavy atom. The third-order valence-electron chi connectivity index (χ3n) is 4.59. The minimum atomic E-state index is -0.289. The Kier molecular flexibility index (Phi) is 5.04. The zero-order valence-corrected chi connectivity index (χ0v) is 17.2. The van der Waals surface area contributed by atoms with Crippen molar-refractivity contribution in [2.75, 3.05) is 0 Å². The van der Waals surface area contributed by atoms with E-state index in [1.54, 1.807) is 42.5 Å². The summed E-state index contributed by atoms with van der Waals surface area (Å²) in [5.74, 6) is -0.533. The molecule has 5 heteroatoms. The third kappa shape index (κ3) is 3.48.